The Morgan fingerprint density at radius 1 is 1.55 bits per heavy atom. The van der Waals surface area contributed by atoms with E-state index in [9.17, 15) is 4.79 Å². The van der Waals surface area contributed by atoms with Gasteiger partial charge in [0.25, 0.3) is 0 Å². The van der Waals surface area contributed by atoms with Crippen molar-refractivity contribution in [1.29, 1.82) is 0 Å². The Morgan fingerprint density at radius 2 is 2.27 bits per heavy atom. The lowest BCUT2D eigenvalue weighted by Crippen LogP contribution is -2.18. The molecule has 3 atom stereocenters. The van der Waals surface area contributed by atoms with Crippen LogP contribution in [0.2, 0.25) is 0 Å². The Labute approximate surface area is 67.6 Å². The molecule has 0 aromatic carbocycles. The third kappa shape index (κ3) is 1.09. The summed E-state index contributed by atoms with van der Waals surface area (Å²) in [6, 6.07) is 0. The molecule has 0 spiro atoms. The van der Waals surface area contributed by atoms with Gasteiger partial charge in [0.15, 0.2) is 0 Å². The molecule has 2 rings (SSSR count). The predicted molar refractivity (Wildman–Crippen MR) is 43.3 cm³/mol. The average molecular weight is 153 g/mol. The summed E-state index contributed by atoms with van der Waals surface area (Å²) in [6.07, 6.45) is 2.03. The molecule has 0 aromatic rings. The molecule has 0 saturated heterocycles. The van der Waals surface area contributed by atoms with Gasteiger partial charge in [-0.15, -0.1) is 0 Å². The second kappa shape index (κ2) is 2.31. The molecule has 0 N–H and O–H groups in total. The Hall–Kier alpha value is -0.370. The largest absolute Gasteiger partial charge is 0.309 e. The fourth-order valence-electron chi connectivity index (χ4n) is 2.46. The number of ketones is 1. The quantitative estimate of drug-likeness (QED) is 0.584. The van der Waals surface area contributed by atoms with Gasteiger partial charge in [0, 0.05) is 18.9 Å². The van der Waals surface area contributed by atoms with Gasteiger partial charge in [-0.25, -0.2) is 0 Å². The number of Topliss-reactive ketones (excluding diaryl/α,β-unsaturated/α-hetero) is 1. The third-order valence-electron chi connectivity index (χ3n) is 3.00. The van der Waals surface area contributed by atoms with Crippen molar-refractivity contribution < 1.29 is 4.79 Å². The highest BCUT2D eigenvalue weighted by molar-refractivity contribution is 5.87. The van der Waals surface area contributed by atoms with Crippen molar-refractivity contribution in [3.8, 4) is 0 Å². The van der Waals surface area contributed by atoms with Crippen LogP contribution in [-0.2, 0) is 4.79 Å². The first-order chi connectivity index (χ1) is 5.20. The molecule has 0 bridgehead atoms. The normalized spacial score (nSPS) is 41.4. The fraction of sp³-hybridized carbons (Fsp3) is 0.889. The van der Waals surface area contributed by atoms with E-state index < -0.39 is 0 Å². The van der Waals surface area contributed by atoms with E-state index in [0.717, 1.165) is 18.9 Å². The van der Waals surface area contributed by atoms with Crippen LogP contribution >= 0.6 is 0 Å². The number of carbonyl (C=O) groups excluding carboxylic acids is 1. The molecule has 11 heavy (non-hydrogen) atoms. The summed E-state index contributed by atoms with van der Waals surface area (Å²) in [4.78, 5) is 13.4. The van der Waals surface area contributed by atoms with Crippen LogP contribution in [0.25, 0.3) is 0 Å². The van der Waals surface area contributed by atoms with Crippen LogP contribution in [0, 0.1) is 17.8 Å². The van der Waals surface area contributed by atoms with Gasteiger partial charge in [-0.05, 0) is 32.4 Å². The van der Waals surface area contributed by atoms with E-state index in [1.807, 2.05) is 0 Å². The van der Waals surface area contributed by atoms with E-state index >= 15 is 0 Å². The van der Waals surface area contributed by atoms with Gasteiger partial charge >= 0.3 is 0 Å². The van der Waals surface area contributed by atoms with Gasteiger partial charge in [-0.3, -0.25) is 4.79 Å². The maximum Gasteiger partial charge on any atom is 0.136 e. The minimum atomic E-state index is 0.470. The van der Waals surface area contributed by atoms with E-state index in [1.165, 1.54) is 6.42 Å². The Balaban J connectivity index is 1.89. The first-order valence-electron chi connectivity index (χ1n) is 4.37. The van der Waals surface area contributed by atoms with Crippen molar-refractivity contribution in [3.63, 3.8) is 0 Å². The minimum Gasteiger partial charge on any atom is -0.309 e. The molecule has 2 aliphatic carbocycles. The highest BCUT2D eigenvalue weighted by Gasteiger charge is 2.57. The predicted octanol–water partition coefficient (Wildman–Crippen LogP) is 0.773. The van der Waals surface area contributed by atoms with E-state index in [-0.39, 0.29) is 0 Å². The first kappa shape index (κ1) is 7.29. The molecule has 62 valence electrons. The van der Waals surface area contributed by atoms with E-state index in [0.29, 0.717) is 17.6 Å². The zero-order valence-electron chi connectivity index (χ0n) is 7.21. The van der Waals surface area contributed by atoms with Crippen LogP contribution in [0.4, 0.5) is 0 Å². The lowest BCUT2D eigenvalue weighted by molar-refractivity contribution is -0.119. The topological polar surface area (TPSA) is 20.3 Å². The maximum absolute atomic E-state index is 11.2. The molecule has 0 aliphatic heterocycles. The van der Waals surface area contributed by atoms with Gasteiger partial charge in [0.2, 0.25) is 0 Å². The first-order valence-corrected chi connectivity index (χ1v) is 4.37. The van der Waals surface area contributed by atoms with Gasteiger partial charge in [-0.1, -0.05) is 0 Å². The van der Waals surface area contributed by atoms with E-state index in [2.05, 4.69) is 19.0 Å². The van der Waals surface area contributed by atoms with Gasteiger partial charge in [-0.2, -0.15) is 0 Å². The molecule has 0 radical (unpaired) electrons. The summed E-state index contributed by atoms with van der Waals surface area (Å²) in [6.45, 7) is 1.11. The summed E-state index contributed by atoms with van der Waals surface area (Å²) in [5, 5.41) is 0. The van der Waals surface area contributed by atoms with E-state index in [1.54, 1.807) is 0 Å². The molecule has 2 saturated carbocycles. The highest BCUT2D eigenvalue weighted by Crippen LogP contribution is 2.55. The number of nitrogens with zero attached hydrogens (tertiary/aromatic N) is 1. The van der Waals surface area contributed by atoms with Crippen molar-refractivity contribution in [3.05, 3.63) is 0 Å². The monoisotopic (exact) mass is 153 g/mol. The molecule has 2 fully saturated rings. The zero-order valence-corrected chi connectivity index (χ0v) is 7.21. The number of fused-ring (bicyclic) bond motifs is 1. The van der Waals surface area contributed by atoms with Crippen molar-refractivity contribution in [1.82, 2.24) is 4.90 Å². The number of carbonyl (C=O) groups is 1. The molecule has 0 heterocycles. The lowest BCUT2D eigenvalue weighted by atomic mass is 10.1. The summed E-state index contributed by atoms with van der Waals surface area (Å²) < 4.78 is 0. The second-order valence-electron chi connectivity index (χ2n) is 4.12. The summed E-state index contributed by atoms with van der Waals surface area (Å²) >= 11 is 0. The van der Waals surface area contributed by atoms with Gasteiger partial charge in [0.1, 0.15) is 5.78 Å². The van der Waals surface area contributed by atoms with Crippen molar-refractivity contribution >= 4 is 5.78 Å². The van der Waals surface area contributed by atoms with Crippen molar-refractivity contribution in [2.75, 3.05) is 20.6 Å². The fourth-order valence-corrected chi connectivity index (χ4v) is 2.46. The van der Waals surface area contributed by atoms with Crippen molar-refractivity contribution in [2.45, 2.75) is 12.8 Å². The van der Waals surface area contributed by atoms with Gasteiger partial charge < -0.3 is 4.90 Å². The highest BCUT2D eigenvalue weighted by atomic mass is 16.1. The third-order valence-corrected chi connectivity index (χ3v) is 3.00. The smallest absolute Gasteiger partial charge is 0.136 e. The molecule has 3 unspecified atom stereocenters. The standard InChI is InChI=1S/C9H15NO/c1-10(2)5-7-6-3-4-8(11)9(6)7/h6-7,9H,3-5H2,1-2H3. The SMILES string of the molecule is CN(C)CC1C2CCC(=O)C21. The number of rotatable bonds is 2. The molecule has 2 heteroatoms. The summed E-state index contributed by atoms with van der Waals surface area (Å²) in [7, 11) is 4.16. The van der Waals surface area contributed by atoms with Crippen LogP contribution in [-0.4, -0.2) is 31.3 Å². The minimum absolute atomic E-state index is 0.470. The molecule has 0 aromatic heterocycles. The van der Waals surface area contributed by atoms with Crippen LogP contribution in [0.1, 0.15) is 12.8 Å². The molecule has 0 amide bonds. The lowest BCUT2D eigenvalue weighted by Gasteiger charge is -2.09. The average Bonchev–Trinajstić information content (AvgIpc) is 2.41. The maximum atomic E-state index is 11.2. The zero-order chi connectivity index (χ0) is 8.01. The van der Waals surface area contributed by atoms with Crippen LogP contribution < -0.4 is 0 Å². The van der Waals surface area contributed by atoms with E-state index in [4.69, 9.17) is 0 Å². The summed E-state index contributed by atoms with van der Waals surface area (Å²) in [5.74, 6) is 2.48. The number of hydrogen-bond donors (Lipinski definition) is 0. The molecular weight excluding hydrogens is 138 g/mol. The molecule has 2 nitrogen and oxygen atoms in total. The Morgan fingerprint density at radius 3 is 2.73 bits per heavy atom. The number of hydrogen-bond acceptors (Lipinski definition) is 2. The Bertz CT molecular complexity index is 188. The molecular formula is C9H15NO. The summed E-state index contributed by atoms with van der Waals surface area (Å²) in [5.41, 5.74) is 0. The second-order valence-corrected chi connectivity index (χ2v) is 4.12. The van der Waals surface area contributed by atoms with Crippen LogP contribution in [0.15, 0.2) is 0 Å². The van der Waals surface area contributed by atoms with Gasteiger partial charge in [0.05, 0.1) is 0 Å². The van der Waals surface area contributed by atoms with Crippen LogP contribution in [0.3, 0.4) is 0 Å². The molecule has 2 aliphatic rings. The van der Waals surface area contributed by atoms with Crippen molar-refractivity contribution in [2.24, 2.45) is 17.8 Å². The Kier molecular flexibility index (Phi) is 1.53. The van der Waals surface area contributed by atoms with Crippen LogP contribution in [0.5, 0.6) is 0 Å².